The molecule has 0 bridgehead atoms. The number of carbonyl (C=O) groups is 3. The minimum absolute atomic E-state index is 0.00664. The molecule has 0 unspecified atom stereocenters. The van der Waals surface area contributed by atoms with Crippen molar-refractivity contribution < 1.29 is 29.7 Å². The Morgan fingerprint density at radius 1 is 1.35 bits per heavy atom. The van der Waals surface area contributed by atoms with Gasteiger partial charge in [0.05, 0.1) is 42.3 Å². The summed E-state index contributed by atoms with van der Waals surface area (Å²) < 4.78 is 0. The maximum atomic E-state index is 12.4. The number of aromatic nitrogens is 1. The fraction of sp³-hybridized carbons (Fsp3) is 0.636. The molecule has 3 aliphatic rings. The van der Waals surface area contributed by atoms with Crippen LogP contribution in [0.4, 0.5) is 10.9 Å². The first-order valence-corrected chi connectivity index (χ1v) is 13.1. The summed E-state index contributed by atoms with van der Waals surface area (Å²) >= 11 is 2.85. The Morgan fingerprint density at radius 3 is 2.59 bits per heavy atom. The minimum atomic E-state index is -1.37. The average molecular weight is 510 g/mol. The lowest BCUT2D eigenvalue weighted by atomic mass is 9.79. The van der Waals surface area contributed by atoms with Gasteiger partial charge in [0.2, 0.25) is 11.8 Å². The van der Waals surface area contributed by atoms with Crippen molar-refractivity contribution in [2.75, 3.05) is 29.9 Å². The van der Waals surface area contributed by atoms with Crippen molar-refractivity contribution in [2.45, 2.75) is 45.1 Å². The third kappa shape index (κ3) is 4.21. The second kappa shape index (κ2) is 9.48. The van der Waals surface area contributed by atoms with Gasteiger partial charge in [-0.1, -0.05) is 20.8 Å². The number of fused-ring (bicyclic) bond motifs is 1. The van der Waals surface area contributed by atoms with Crippen molar-refractivity contribution in [3.63, 3.8) is 0 Å². The van der Waals surface area contributed by atoms with Gasteiger partial charge in [0.25, 0.3) is 0 Å². The molecule has 3 aliphatic heterocycles. The van der Waals surface area contributed by atoms with E-state index in [4.69, 9.17) is 0 Å². The molecule has 1 aromatic heterocycles. The van der Waals surface area contributed by atoms with Gasteiger partial charge in [0.1, 0.15) is 5.82 Å². The molecule has 0 radical (unpaired) electrons. The summed E-state index contributed by atoms with van der Waals surface area (Å²) in [6, 6.07) is -0.349. The second-order valence-electron chi connectivity index (χ2n) is 9.44. The van der Waals surface area contributed by atoms with Gasteiger partial charge in [0, 0.05) is 34.5 Å². The number of β-lactam (4-membered cyclic amide) rings is 1. The highest BCUT2D eigenvalue weighted by molar-refractivity contribution is 8.03. The quantitative estimate of drug-likeness (QED) is 0.394. The molecular formula is C22H29N4O6S2-. The number of aliphatic hydroxyl groups excluding tert-OH is 2. The van der Waals surface area contributed by atoms with Crippen molar-refractivity contribution in [3.05, 3.63) is 16.0 Å². The fourth-order valence-electron chi connectivity index (χ4n) is 4.80. The van der Waals surface area contributed by atoms with Crippen molar-refractivity contribution >= 4 is 51.8 Å². The molecule has 4 heterocycles. The third-order valence-corrected chi connectivity index (χ3v) is 9.15. The predicted octanol–water partition coefficient (Wildman–Crippen LogP) is 0.0869. The highest BCUT2D eigenvalue weighted by Crippen LogP contribution is 2.52. The summed E-state index contributed by atoms with van der Waals surface area (Å²) in [6.45, 7) is 8.26. The van der Waals surface area contributed by atoms with Crippen LogP contribution in [0.2, 0.25) is 0 Å². The molecule has 0 aliphatic carbocycles. The smallest absolute Gasteiger partial charge is 0.235 e. The molecule has 2 saturated heterocycles. The number of aliphatic hydroxyl groups is 2. The summed E-state index contributed by atoms with van der Waals surface area (Å²) in [5, 5.41) is 36.6. The van der Waals surface area contributed by atoms with Crippen LogP contribution in [-0.4, -0.2) is 75.0 Å². The maximum Gasteiger partial charge on any atom is 0.235 e. The zero-order chi connectivity index (χ0) is 24.9. The Kier molecular flexibility index (Phi) is 6.96. The highest BCUT2D eigenvalue weighted by Gasteiger charge is 2.59. The van der Waals surface area contributed by atoms with E-state index < -0.39 is 23.9 Å². The van der Waals surface area contributed by atoms with E-state index in [1.165, 1.54) is 28.0 Å². The van der Waals surface area contributed by atoms with Gasteiger partial charge in [-0.2, -0.15) is 0 Å². The lowest BCUT2D eigenvalue weighted by Gasteiger charge is -2.47. The lowest BCUT2D eigenvalue weighted by Crippen LogP contribution is -2.64. The maximum absolute atomic E-state index is 12.4. The molecule has 3 N–H and O–H groups in total. The number of amides is 2. The van der Waals surface area contributed by atoms with E-state index in [2.05, 4.69) is 10.3 Å². The van der Waals surface area contributed by atoms with Crippen molar-refractivity contribution in [1.82, 2.24) is 9.88 Å². The molecule has 2 amide bonds. The average Bonchev–Trinajstić information content (AvgIpc) is 3.25. The Labute approximate surface area is 206 Å². The molecule has 0 spiro atoms. The van der Waals surface area contributed by atoms with Gasteiger partial charge >= 0.3 is 0 Å². The number of thiazole rings is 1. The van der Waals surface area contributed by atoms with E-state index in [-0.39, 0.29) is 47.2 Å². The summed E-state index contributed by atoms with van der Waals surface area (Å²) in [5.74, 6) is -2.83. The number of carboxylic acid groups (broad SMARTS) is 1. The summed E-state index contributed by atoms with van der Waals surface area (Å²) in [4.78, 5) is 45.0. The first-order chi connectivity index (χ1) is 16.0. The molecule has 2 fully saturated rings. The zero-order valence-corrected chi connectivity index (χ0v) is 21.1. The number of thioether (sulfide) groups is 1. The Morgan fingerprint density at radius 2 is 2.03 bits per heavy atom. The van der Waals surface area contributed by atoms with E-state index in [0.29, 0.717) is 23.8 Å². The number of nitrogens with one attached hydrogen (secondary N) is 1. The van der Waals surface area contributed by atoms with Crippen LogP contribution in [0.25, 0.3) is 0 Å². The molecule has 0 saturated carbocycles. The lowest BCUT2D eigenvalue weighted by molar-refractivity contribution is -0.301. The van der Waals surface area contributed by atoms with Gasteiger partial charge in [-0.25, -0.2) is 4.98 Å². The van der Waals surface area contributed by atoms with Crippen molar-refractivity contribution in [2.24, 2.45) is 23.7 Å². The molecule has 0 aromatic carbocycles. The fourth-order valence-corrected chi connectivity index (χ4v) is 7.09. The summed E-state index contributed by atoms with van der Waals surface area (Å²) in [7, 11) is 0. The number of carbonyl (C=O) groups excluding carboxylic acids is 3. The van der Waals surface area contributed by atoms with Crippen LogP contribution in [0.15, 0.2) is 16.0 Å². The first kappa shape index (κ1) is 25.0. The Hall–Kier alpha value is -2.15. The Balaban J connectivity index is 1.37. The van der Waals surface area contributed by atoms with E-state index in [1.807, 2.05) is 25.7 Å². The van der Waals surface area contributed by atoms with Gasteiger partial charge in [-0.3, -0.25) is 9.59 Å². The second-order valence-corrected chi connectivity index (χ2v) is 11.6. The first-order valence-electron chi connectivity index (χ1n) is 11.3. The molecule has 5 atom stereocenters. The number of hydrogen-bond acceptors (Lipinski definition) is 10. The van der Waals surface area contributed by atoms with E-state index in [0.717, 1.165) is 5.13 Å². The number of rotatable bonds is 9. The number of aliphatic carboxylic acids is 1. The van der Waals surface area contributed by atoms with Crippen LogP contribution in [0, 0.1) is 23.7 Å². The monoisotopic (exact) mass is 509 g/mol. The number of anilines is 2. The Bertz CT molecular complexity index is 1020. The van der Waals surface area contributed by atoms with E-state index >= 15 is 0 Å². The van der Waals surface area contributed by atoms with Gasteiger partial charge in [0.15, 0.2) is 5.13 Å². The van der Waals surface area contributed by atoms with Crippen LogP contribution in [0.3, 0.4) is 0 Å². The predicted molar refractivity (Wildman–Crippen MR) is 127 cm³/mol. The molecule has 12 heteroatoms. The SMILES string of the molecule is CC(C)[C@@H](CO)C(=O)Nc1csc(N2CC(SC3=C(C(=O)[O-])N4C(=O)[C@H]([C@@H](C)O)[C@H]4[C@H]3C)C2)n1. The molecule has 186 valence electrons. The molecule has 4 rings (SSSR count). The minimum Gasteiger partial charge on any atom is -0.543 e. The number of nitrogens with zero attached hydrogens (tertiary/aromatic N) is 3. The molecule has 1 aromatic rings. The van der Waals surface area contributed by atoms with Gasteiger partial charge in [-0.15, -0.1) is 23.1 Å². The topological polar surface area (TPSA) is 146 Å². The van der Waals surface area contributed by atoms with Gasteiger partial charge < -0.3 is 35.2 Å². The van der Waals surface area contributed by atoms with Crippen LogP contribution in [-0.2, 0) is 14.4 Å². The number of hydrogen-bond donors (Lipinski definition) is 3. The van der Waals surface area contributed by atoms with Crippen molar-refractivity contribution in [1.29, 1.82) is 0 Å². The van der Waals surface area contributed by atoms with E-state index in [9.17, 15) is 29.7 Å². The normalized spacial score (nSPS) is 26.3. The van der Waals surface area contributed by atoms with Crippen LogP contribution < -0.4 is 15.3 Å². The zero-order valence-electron chi connectivity index (χ0n) is 19.4. The summed E-state index contributed by atoms with van der Waals surface area (Å²) in [6.07, 6.45) is -0.837. The molecule has 10 nitrogen and oxygen atoms in total. The van der Waals surface area contributed by atoms with Crippen LogP contribution >= 0.6 is 23.1 Å². The van der Waals surface area contributed by atoms with Crippen molar-refractivity contribution in [3.8, 4) is 0 Å². The largest absolute Gasteiger partial charge is 0.543 e. The van der Waals surface area contributed by atoms with Gasteiger partial charge in [-0.05, 0) is 12.8 Å². The van der Waals surface area contributed by atoms with Crippen LogP contribution in [0.5, 0.6) is 0 Å². The highest BCUT2D eigenvalue weighted by atomic mass is 32.2. The summed E-state index contributed by atoms with van der Waals surface area (Å²) in [5.41, 5.74) is -0.0642. The number of carboxylic acids is 1. The molecular weight excluding hydrogens is 480 g/mol. The molecule has 34 heavy (non-hydrogen) atoms. The van der Waals surface area contributed by atoms with Crippen LogP contribution in [0.1, 0.15) is 27.7 Å². The van der Waals surface area contributed by atoms with E-state index in [1.54, 1.807) is 12.3 Å². The third-order valence-electron chi connectivity index (χ3n) is 6.80. The standard InChI is InChI=1S/C22H30N4O6S2/c1-9(2)13(7-27)19(29)23-14-8-33-22(24-14)25-5-12(6-25)34-18-10(3)16-15(11(4)28)20(30)26(16)17(18)21(31)32/h8-13,15-16,27-28H,5-7H2,1-4H3,(H,23,29)(H,31,32)/p-1/t10-,11-,13-,15-,16-/m1/s1.